The fourth-order valence-corrected chi connectivity index (χ4v) is 3.29. The van der Waals surface area contributed by atoms with Crippen LogP contribution in [-0.4, -0.2) is 18.9 Å². The van der Waals surface area contributed by atoms with E-state index in [4.69, 9.17) is 0 Å². The Morgan fingerprint density at radius 2 is 2.06 bits per heavy atom. The molecule has 0 aromatic heterocycles. The minimum Gasteiger partial charge on any atom is -0.369 e. The van der Waals surface area contributed by atoms with E-state index in [1.54, 1.807) is 0 Å². The summed E-state index contributed by atoms with van der Waals surface area (Å²) in [6.45, 7) is 3.23. The van der Waals surface area contributed by atoms with E-state index in [9.17, 15) is 4.79 Å². The third-order valence-electron chi connectivity index (χ3n) is 3.80. The Hall–Kier alpha value is -0.830. The van der Waals surface area contributed by atoms with Gasteiger partial charge < -0.3 is 4.90 Å². The van der Waals surface area contributed by atoms with E-state index in [2.05, 4.69) is 39.9 Å². The van der Waals surface area contributed by atoms with Crippen molar-refractivity contribution < 1.29 is 4.79 Å². The lowest BCUT2D eigenvalue weighted by atomic mass is 9.93. The van der Waals surface area contributed by atoms with Crippen molar-refractivity contribution in [3.63, 3.8) is 0 Å². The fraction of sp³-hybridized carbons (Fsp3) is 0.533. The highest BCUT2D eigenvalue weighted by Crippen LogP contribution is 2.29. The number of carbonyl (C=O) groups excluding carboxylic acids is 1. The molecule has 1 aromatic carbocycles. The number of halogens is 1. The van der Waals surface area contributed by atoms with Gasteiger partial charge in [0, 0.05) is 28.3 Å². The Balaban J connectivity index is 2.21. The van der Waals surface area contributed by atoms with Crippen LogP contribution in [0.2, 0.25) is 0 Å². The van der Waals surface area contributed by atoms with Gasteiger partial charge in [0.15, 0.2) is 6.29 Å². The van der Waals surface area contributed by atoms with Crippen LogP contribution >= 0.6 is 15.9 Å². The summed E-state index contributed by atoms with van der Waals surface area (Å²) in [7, 11) is 0. The number of hydrogen-bond acceptors (Lipinski definition) is 2. The average molecular weight is 310 g/mol. The molecule has 0 unspecified atom stereocenters. The van der Waals surface area contributed by atoms with Crippen molar-refractivity contribution in [1.29, 1.82) is 0 Å². The first-order valence-corrected chi connectivity index (χ1v) is 7.57. The zero-order chi connectivity index (χ0) is 13.0. The van der Waals surface area contributed by atoms with Crippen LogP contribution in [0.15, 0.2) is 22.7 Å². The summed E-state index contributed by atoms with van der Waals surface area (Å²) in [4.78, 5) is 13.3. The van der Waals surface area contributed by atoms with Gasteiger partial charge >= 0.3 is 0 Å². The van der Waals surface area contributed by atoms with Crippen molar-refractivity contribution >= 4 is 27.9 Å². The molecule has 0 heterocycles. The highest BCUT2D eigenvalue weighted by atomic mass is 79.9. The second-order valence-corrected chi connectivity index (χ2v) is 5.76. The van der Waals surface area contributed by atoms with Crippen LogP contribution in [0.5, 0.6) is 0 Å². The molecule has 1 aromatic rings. The third kappa shape index (κ3) is 2.94. The summed E-state index contributed by atoms with van der Waals surface area (Å²) in [5.41, 5.74) is 1.94. The molecule has 0 spiro atoms. The normalized spacial score (nSPS) is 16.6. The lowest BCUT2D eigenvalue weighted by Gasteiger charge is -2.35. The van der Waals surface area contributed by atoms with Gasteiger partial charge in [0.1, 0.15) is 0 Å². The average Bonchev–Trinajstić information content (AvgIpc) is 2.41. The zero-order valence-corrected chi connectivity index (χ0v) is 12.4. The number of rotatable bonds is 4. The molecular weight excluding hydrogens is 290 g/mol. The van der Waals surface area contributed by atoms with Gasteiger partial charge in [0.05, 0.1) is 0 Å². The third-order valence-corrected chi connectivity index (χ3v) is 4.49. The molecule has 1 fully saturated rings. The lowest BCUT2D eigenvalue weighted by molar-refractivity contribution is 0.112. The summed E-state index contributed by atoms with van der Waals surface area (Å²) in [5.74, 6) is 0. The molecule has 0 N–H and O–H groups in total. The van der Waals surface area contributed by atoms with Crippen LogP contribution in [-0.2, 0) is 0 Å². The molecule has 2 nitrogen and oxygen atoms in total. The summed E-state index contributed by atoms with van der Waals surface area (Å²) < 4.78 is 0.893. The predicted octanol–water partition coefficient (Wildman–Crippen LogP) is 4.42. The standard InChI is InChI=1S/C15H20BrNO/c1-2-17(13-6-4-3-5-7-13)14-9-8-12(11-18)15(16)10-14/h8-11,13H,2-7H2,1H3. The zero-order valence-electron chi connectivity index (χ0n) is 10.9. The van der Waals surface area contributed by atoms with Gasteiger partial charge in [-0.3, -0.25) is 4.79 Å². The van der Waals surface area contributed by atoms with E-state index < -0.39 is 0 Å². The molecule has 0 bridgehead atoms. The first kappa shape index (κ1) is 13.6. The molecular formula is C15H20BrNO. The Morgan fingerprint density at radius 1 is 1.33 bits per heavy atom. The van der Waals surface area contributed by atoms with Crippen LogP contribution in [0, 0.1) is 0 Å². The lowest BCUT2D eigenvalue weighted by Crippen LogP contribution is -2.36. The first-order chi connectivity index (χ1) is 8.76. The summed E-state index contributed by atoms with van der Waals surface area (Å²) in [5, 5.41) is 0. The number of carbonyl (C=O) groups is 1. The summed E-state index contributed by atoms with van der Waals surface area (Å²) in [6, 6.07) is 6.70. The van der Waals surface area contributed by atoms with E-state index in [1.165, 1.54) is 37.8 Å². The second-order valence-electron chi connectivity index (χ2n) is 4.90. The van der Waals surface area contributed by atoms with Crippen LogP contribution in [0.1, 0.15) is 49.4 Å². The van der Waals surface area contributed by atoms with Gasteiger partial charge in [-0.15, -0.1) is 0 Å². The van der Waals surface area contributed by atoms with E-state index >= 15 is 0 Å². The van der Waals surface area contributed by atoms with Crippen molar-refractivity contribution in [2.24, 2.45) is 0 Å². The first-order valence-electron chi connectivity index (χ1n) is 6.77. The molecule has 18 heavy (non-hydrogen) atoms. The smallest absolute Gasteiger partial charge is 0.151 e. The number of nitrogens with zero attached hydrogens (tertiary/aromatic N) is 1. The van der Waals surface area contributed by atoms with Crippen molar-refractivity contribution in [1.82, 2.24) is 0 Å². The molecule has 98 valence electrons. The molecule has 3 heteroatoms. The molecule has 0 radical (unpaired) electrons. The van der Waals surface area contributed by atoms with Gasteiger partial charge in [-0.2, -0.15) is 0 Å². The molecule has 1 aliphatic rings. The Kier molecular flexibility index (Phi) is 4.81. The maximum atomic E-state index is 10.8. The second kappa shape index (κ2) is 6.37. The van der Waals surface area contributed by atoms with Crippen molar-refractivity contribution in [3.8, 4) is 0 Å². The van der Waals surface area contributed by atoms with Crippen LogP contribution in [0.4, 0.5) is 5.69 Å². The van der Waals surface area contributed by atoms with E-state index in [1.807, 2.05) is 6.07 Å². The van der Waals surface area contributed by atoms with Crippen LogP contribution in [0.25, 0.3) is 0 Å². The summed E-state index contributed by atoms with van der Waals surface area (Å²) >= 11 is 3.47. The van der Waals surface area contributed by atoms with Crippen molar-refractivity contribution in [2.75, 3.05) is 11.4 Å². The molecule has 0 aliphatic heterocycles. The van der Waals surface area contributed by atoms with Crippen LogP contribution < -0.4 is 4.90 Å². The Morgan fingerprint density at radius 3 is 2.61 bits per heavy atom. The number of aldehydes is 1. The topological polar surface area (TPSA) is 20.3 Å². The van der Waals surface area contributed by atoms with Gasteiger partial charge in [0.25, 0.3) is 0 Å². The molecule has 1 saturated carbocycles. The molecule has 0 atom stereocenters. The molecule has 1 aliphatic carbocycles. The molecule has 0 amide bonds. The Labute approximate surface area is 117 Å². The predicted molar refractivity (Wildman–Crippen MR) is 79.4 cm³/mol. The quantitative estimate of drug-likeness (QED) is 0.767. The minimum atomic E-state index is 0.665. The van der Waals surface area contributed by atoms with E-state index in [-0.39, 0.29) is 0 Å². The Bertz CT molecular complexity index is 413. The van der Waals surface area contributed by atoms with Gasteiger partial charge in [-0.25, -0.2) is 0 Å². The maximum Gasteiger partial charge on any atom is 0.151 e. The van der Waals surface area contributed by atoms with Crippen molar-refractivity contribution in [3.05, 3.63) is 28.2 Å². The van der Waals surface area contributed by atoms with Crippen LogP contribution in [0.3, 0.4) is 0 Å². The van der Waals surface area contributed by atoms with Gasteiger partial charge in [0.2, 0.25) is 0 Å². The number of benzene rings is 1. The molecule has 0 saturated heterocycles. The monoisotopic (exact) mass is 309 g/mol. The van der Waals surface area contributed by atoms with Gasteiger partial charge in [-0.05, 0) is 53.9 Å². The molecule has 2 rings (SSSR count). The number of anilines is 1. The van der Waals surface area contributed by atoms with Gasteiger partial charge in [-0.1, -0.05) is 19.3 Å². The largest absolute Gasteiger partial charge is 0.369 e. The van der Waals surface area contributed by atoms with E-state index in [0.717, 1.165) is 22.9 Å². The number of hydrogen-bond donors (Lipinski definition) is 0. The highest BCUT2D eigenvalue weighted by Gasteiger charge is 2.20. The maximum absolute atomic E-state index is 10.8. The fourth-order valence-electron chi connectivity index (χ4n) is 2.83. The minimum absolute atomic E-state index is 0.665. The summed E-state index contributed by atoms with van der Waals surface area (Å²) in [6.07, 6.45) is 7.54. The van der Waals surface area contributed by atoms with E-state index in [0.29, 0.717) is 6.04 Å². The van der Waals surface area contributed by atoms with Crippen molar-refractivity contribution in [2.45, 2.75) is 45.1 Å². The highest BCUT2D eigenvalue weighted by molar-refractivity contribution is 9.10. The SMILES string of the molecule is CCN(c1ccc(C=O)c(Br)c1)C1CCCCC1.